The molecule has 0 saturated carbocycles. The lowest BCUT2D eigenvalue weighted by Crippen LogP contribution is -2.48. The van der Waals surface area contributed by atoms with Crippen molar-refractivity contribution in [2.24, 2.45) is 0 Å². The number of aryl methyl sites for hydroxylation is 1. The van der Waals surface area contributed by atoms with Gasteiger partial charge >= 0.3 is 0 Å². The Bertz CT molecular complexity index is 1250. The van der Waals surface area contributed by atoms with Crippen LogP contribution in [0.1, 0.15) is 45.6 Å². The van der Waals surface area contributed by atoms with Crippen molar-refractivity contribution in [3.8, 4) is 11.5 Å². The molecule has 0 spiro atoms. The zero-order valence-corrected chi connectivity index (χ0v) is 23.4. The summed E-state index contributed by atoms with van der Waals surface area (Å²) in [5.74, 6) is 1.73. The number of hydrogen-bond acceptors (Lipinski definition) is 6. The molecule has 1 amide bonds. The second kappa shape index (κ2) is 12.6. The fourth-order valence-corrected chi connectivity index (χ4v) is 5.21. The Kier molecular flexibility index (Phi) is 8.79. The van der Waals surface area contributed by atoms with Crippen LogP contribution in [0.2, 0.25) is 0 Å². The topological polar surface area (TPSA) is 58.1 Å². The highest BCUT2D eigenvalue weighted by Crippen LogP contribution is 2.35. The van der Waals surface area contributed by atoms with Crippen molar-refractivity contribution in [2.45, 2.75) is 32.3 Å². The van der Waals surface area contributed by atoms with Crippen molar-refractivity contribution in [1.82, 2.24) is 19.7 Å². The molecule has 7 heteroatoms. The normalized spacial score (nSPS) is 16.6. The Balaban J connectivity index is 1.13. The van der Waals surface area contributed by atoms with E-state index < -0.39 is 0 Å². The van der Waals surface area contributed by atoms with E-state index in [2.05, 4.69) is 59.1 Å². The number of piperazine rings is 1. The third kappa shape index (κ3) is 6.78. The van der Waals surface area contributed by atoms with E-state index in [1.54, 1.807) is 13.3 Å². The molecule has 0 bridgehead atoms. The smallest absolute Gasteiger partial charge is 0.272 e. The molecule has 2 saturated heterocycles. The SMILES string of the molecule is CCc1ccc(COc2ccc(C3CN(C(=O)c4cc(CCN5CCN(C)CC5)ccn4)C3)cc2OC)cc1. The minimum atomic E-state index is 0.00806. The van der Waals surface area contributed by atoms with Crippen molar-refractivity contribution in [2.75, 3.05) is 60.0 Å². The van der Waals surface area contributed by atoms with Gasteiger partial charge in [0.25, 0.3) is 5.91 Å². The molecule has 2 aromatic carbocycles. The number of hydrogen-bond donors (Lipinski definition) is 0. The molecule has 3 aromatic rings. The van der Waals surface area contributed by atoms with Gasteiger partial charge in [-0.2, -0.15) is 0 Å². The molecule has 0 radical (unpaired) electrons. The second-order valence-electron chi connectivity index (χ2n) is 10.7. The number of nitrogens with zero attached hydrogens (tertiary/aromatic N) is 4. The van der Waals surface area contributed by atoms with Crippen molar-refractivity contribution < 1.29 is 14.3 Å². The van der Waals surface area contributed by atoms with Crippen LogP contribution < -0.4 is 9.47 Å². The largest absolute Gasteiger partial charge is 0.493 e. The van der Waals surface area contributed by atoms with Gasteiger partial charge in [0, 0.05) is 57.9 Å². The number of aromatic nitrogens is 1. The summed E-state index contributed by atoms with van der Waals surface area (Å²) < 4.78 is 11.7. The first-order chi connectivity index (χ1) is 19.0. The zero-order valence-electron chi connectivity index (χ0n) is 23.4. The van der Waals surface area contributed by atoms with Crippen molar-refractivity contribution >= 4 is 5.91 Å². The quantitative estimate of drug-likeness (QED) is 0.392. The number of carbonyl (C=O) groups excluding carboxylic acids is 1. The maximum absolute atomic E-state index is 13.1. The highest BCUT2D eigenvalue weighted by atomic mass is 16.5. The van der Waals surface area contributed by atoms with Crippen LogP contribution in [0.25, 0.3) is 0 Å². The molecule has 2 fully saturated rings. The number of likely N-dealkylation sites (N-methyl/N-ethyl adjacent to an activating group) is 1. The number of pyridine rings is 1. The number of carbonyl (C=O) groups is 1. The molecule has 39 heavy (non-hydrogen) atoms. The molecule has 3 heterocycles. The maximum Gasteiger partial charge on any atom is 0.272 e. The van der Waals surface area contributed by atoms with Crippen LogP contribution in [0.4, 0.5) is 0 Å². The highest BCUT2D eigenvalue weighted by molar-refractivity contribution is 5.93. The predicted octanol–water partition coefficient (Wildman–Crippen LogP) is 4.26. The number of rotatable bonds is 10. The Morgan fingerprint density at radius 3 is 2.38 bits per heavy atom. The molecule has 2 aliphatic heterocycles. The monoisotopic (exact) mass is 528 g/mol. The van der Waals surface area contributed by atoms with Crippen LogP contribution in [0.5, 0.6) is 11.5 Å². The number of ether oxygens (including phenoxy) is 2. The number of methoxy groups -OCH3 is 1. The molecule has 1 aromatic heterocycles. The minimum Gasteiger partial charge on any atom is -0.493 e. The summed E-state index contributed by atoms with van der Waals surface area (Å²) in [6, 6.07) is 18.6. The third-order valence-electron chi connectivity index (χ3n) is 8.01. The van der Waals surface area contributed by atoms with Gasteiger partial charge in [0.05, 0.1) is 7.11 Å². The molecule has 0 atom stereocenters. The van der Waals surface area contributed by atoms with Crippen LogP contribution in [0.15, 0.2) is 60.8 Å². The van der Waals surface area contributed by atoms with Crippen LogP contribution >= 0.6 is 0 Å². The van der Waals surface area contributed by atoms with Crippen molar-refractivity contribution in [1.29, 1.82) is 0 Å². The summed E-state index contributed by atoms with van der Waals surface area (Å²) >= 11 is 0. The van der Waals surface area contributed by atoms with Crippen LogP contribution in [-0.4, -0.2) is 85.6 Å². The van der Waals surface area contributed by atoms with Gasteiger partial charge in [0.2, 0.25) is 0 Å². The predicted molar refractivity (Wildman–Crippen MR) is 154 cm³/mol. The average Bonchev–Trinajstić information content (AvgIpc) is 2.95. The first-order valence-electron chi connectivity index (χ1n) is 14.1. The van der Waals surface area contributed by atoms with Crippen molar-refractivity contribution in [3.05, 3.63) is 88.7 Å². The van der Waals surface area contributed by atoms with E-state index >= 15 is 0 Å². The first kappa shape index (κ1) is 27.2. The van der Waals surface area contributed by atoms with E-state index in [9.17, 15) is 4.79 Å². The number of benzene rings is 2. The van der Waals surface area contributed by atoms with E-state index in [4.69, 9.17) is 9.47 Å². The molecule has 206 valence electrons. The van der Waals surface area contributed by atoms with E-state index in [0.29, 0.717) is 25.4 Å². The van der Waals surface area contributed by atoms with Crippen LogP contribution in [0, 0.1) is 0 Å². The standard InChI is InChI=1S/C32H40N4O3/c1-4-24-5-7-26(8-6-24)23-39-30-10-9-27(20-31(30)38-3)28-21-36(22-28)32(37)29-19-25(11-13-33-29)12-14-35-17-15-34(2)16-18-35/h5-11,13,19-20,28H,4,12,14-18,21-23H2,1-3H3. The number of amides is 1. The lowest BCUT2D eigenvalue weighted by atomic mass is 9.90. The van der Waals surface area contributed by atoms with Gasteiger partial charge < -0.3 is 24.2 Å². The Hall–Kier alpha value is -3.42. The molecule has 0 N–H and O–H groups in total. The maximum atomic E-state index is 13.1. The Morgan fingerprint density at radius 2 is 1.67 bits per heavy atom. The van der Waals surface area contributed by atoms with Gasteiger partial charge in [0.1, 0.15) is 12.3 Å². The van der Waals surface area contributed by atoms with E-state index in [-0.39, 0.29) is 11.8 Å². The zero-order chi connectivity index (χ0) is 27.2. The molecular weight excluding hydrogens is 488 g/mol. The third-order valence-corrected chi connectivity index (χ3v) is 8.01. The van der Waals surface area contributed by atoms with E-state index in [0.717, 1.165) is 68.2 Å². The van der Waals surface area contributed by atoms with Gasteiger partial charge in [0.15, 0.2) is 11.5 Å². The highest BCUT2D eigenvalue weighted by Gasteiger charge is 2.33. The van der Waals surface area contributed by atoms with Gasteiger partial charge in [-0.1, -0.05) is 37.3 Å². The lowest BCUT2D eigenvalue weighted by molar-refractivity contribution is 0.0596. The van der Waals surface area contributed by atoms with Gasteiger partial charge in [-0.3, -0.25) is 9.78 Å². The van der Waals surface area contributed by atoms with E-state index in [1.807, 2.05) is 29.2 Å². The Labute approximate surface area is 232 Å². The molecule has 0 aliphatic carbocycles. The summed E-state index contributed by atoms with van der Waals surface area (Å²) in [7, 11) is 3.84. The lowest BCUT2D eigenvalue weighted by Gasteiger charge is -2.39. The second-order valence-corrected chi connectivity index (χ2v) is 10.7. The first-order valence-corrected chi connectivity index (χ1v) is 14.1. The summed E-state index contributed by atoms with van der Waals surface area (Å²) in [5, 5.41) is 0. The Morgan fingerprint density at radius 1 is 0.923 bits per heavy atom. The van der Waals surface area contributed by atoms with Gasteiger partial charge in [-0.15, -0.1) is 0 Å². The van der Waals surface area contributed by atoms with Crippen molar-refractivity contribution in [3.63, 3.8) is 0 Å². The van der Waals surface area contributed by atoms with Crippen LogP contribution in [0.3, 0.4) is 0 Å². The van der Waals surface area contributed by atoms with E-state index in [1.165, 1.54) is 11.1 Å². The van der Waals surface area contributed by atoms with Crippen LogP contribution in [-0.2, 0) is 19.4 Å². The summed E-state index contributed by atoms with van der Waals surface area (Å²) in [4.78, 5) is 24.3. The van der Waals surface area contributed by atoms with Gasteiger partial charge in [-0.25, -0.2) is 0 Å². The average molecular weight is 529 g/mol. The summed E-state index contributed by atoms with van der Waals surface area (Å²) in [6.45, 7) is 9.47. The molecule has 2 aliphatic rings. The fraction of sp³-hybridized carbons (Fsp3) is 0.438. The van der Waals surface area contributed by atoms with Gasteiger partial charge in [-0.05, 0) is 66.4 Å². The summed E-state index contributed by atoms with van der Waals surface area (Å²) in [6.07, 6.45) is 3.74. The molecule has 5 rings (SSSR count). The minimum absolute atomic E-state index is 0.00806. The summed E-state index contributed by atoms with van der Waals surface area (Å²) in [5.41, 5.74) is 5.31. The molecule has 0 unspecified atom stereocenters. The molecule has 7 nitrogen and oxygen atoms in total. The number of likely N-dealkylation sites (tertiary alicyclic amines) is 1. The fourth-order valence-electron chi connectivity index (χ4n) is 5.21. The molecular formula is C32H40N4O3.